The van der Waals surface area contributed by atoms with Crippen molar-refractivity contribution in [3.8, 4) is 6.07 Å². The van der Waals surface area contributed by atoms with Crippen molar-refractivity contribution < 1.29 is 14.0 Å². The smallest absolute Gasteiger partial charge is 0.234 e. The second-order valence-corrected chi connectivity index (χ2v) is 11.0. The molecule has 0 saturated carbocycles. The number of nitrogens with one attached hydrogen (secondary N) is 1. The highest BCUT2D eigenvalue weighted by atomic mass is 32.2. The Bertz CT molecular complexity index is 1520. The van der Waals surface area contributed by atoms with E-state index in [2.05, 4.69) is 21.6 Å². The minimum absolute atomic E-state index is 0.00123. The Morgan fingerprint density at radius 3 is 2.74 bits per heavy atom. The number of carbonyl (C=O) groups is 2. The maximum absolute atomic E-state index is 13.3. The standard InChI is InChI=1S/C27H23FN6O2S2/c1-15-5-2-3-6-18(15)23-19(13-29)25(30)34(20-7-4-8-21(35)24(20)23)26-32-33-27(38-26)37-14-22(36)31-17-11-9-16(28)10-12-17/h2-3,5-6,9-12,23H,4,7-8,14,30H2,1H3,(H,31,36). The van der Waals surface area contributed by atoms with Gasteiger partial charge in [0.05, 0.1) is 23.3 Å². The van der Waals surface area contributed by atoms with E-state index in [0.29, 0.717) is 45.6 Å². The molecule has 0 radical (unpaired) electrons. The fourth-order valence-corrected chi connectivity index (χ4v) is 6.42. The van der Waals surface area contributed by atoms with Crippen LogP contribution in [-0.4, -0.2) is 27.6 Å². The number of carbonyl (C=O) groups excluding carboxylic acids is 2. The summed E-state index contributed by atoms with van der Waals surface area (Å²) in [6, 6.07) is 15.5. The van der Waals surface area contributed by atoms with Gasteiger partial charge in [-0.05, 0) is 55.2 Å². The van der Waals surface area contributed by atoms with E-state index in [1.807, 2.05) is 31.2 Å². The maximum Gasteiger partial charge on any atom is 0.234 e. The normalized spacial score (nSPS) is 17.3. The van der Waals surface area contributed by atoms with Gasteiger partial charge in [0.25, 0.3) is 0 Å². The van der Waals surface area contributed by atoms with Crippen molar-refractivity contribution in [1.29, 1.82) is 5.26 Å². The quantitative estimate of drug-likeness (QED) is 0.413. The van der Waals surface area contributed by atoms with Crippen molar-refractivity contribution in [2.75, 3.05) is 16.0 Å². The molecule has 2 aromatic carbocycles. The first-order valence-electron chi connectivity index (χ1n) is 11.9. The molecule has 0 fully saturated rings. The number of ketones is 1. The zero-order chi connectivity index (χ0) is 26.8. The van der Waals surface area contributed by atoms with E-state index in [-0.39, 0.29) is 29.1 Å². The van der Waals surface area contributed by atoms with Gasteiger partial charge in [0.2, 0.25) is 11.0 Å². The molecule has 1 aromatic heterocycles. The highest BCUT2D eigenvalue weighted by Gasteiger charge is 2.41. The Labute approximate surface area is 227 Å². The summed E-state index contributed by atoms with van der Waals surface area (Å²) < 4.78 is 13.6. The van der Waals surface area contributed by atoms with Crippen molar-refractivity contribution in [2.45, 2.75) is 36.4 Å². The number of aromatic nitrogens is 2. The molecule has 1 aliphatic heterocycles. The summed E-state index contributed by atoms with van der Waals surface area (Å²) in [5, 5.41) is 21.8. The van der Waals surface area contributed by atoms with E-state index in [9.17, 15) is 19.2 Å². The van der Waals surface area contributed by atoms with E-state index in [4.69, 9.17) is 5.73 Å². The molecule has 0 bridgehead atoms. The highest BCUT2D eigenvalue weighted by molar-refractivity contribution is 8.01. The molecule has 0 spiro atoms. The maximum atomic E-state index is 13.3. The summed E-state index contributed by atoms with van der Waals surface area (Å²) >= 11 is 2.43. The minimum atomic E-state index is -0.530. The number of allylic oxidation sites excluding steroid dienone is 3. The average Bonchev–Trinajstić information content (AvgIpc) is 3.37. The van der Waals surface area contributed by atoms with Gasteiger partial charge in [-0.25, -0.2) is 4.39 Å². The van der Waals surface area contributed by atoms with Gasteiger partial charge in [0.15, 0.2) is 10.1 Å². The zero-order valence-electron chi connectivity index (χ0n) is 20.4. The number of benzene rings is 2. The predicted molar refractivity (Wildman–Crippen MR) is 145 cm³/mol. The summed E-state index contributed by atoms with van der Waals surface area (Å²) in [4.78, 5) is 27.3. The number of nitrogens with two attached hydrogens (primary N) is 1. The van der Waals surface area contributed by atoms with Crippen molar-refractivity contribution in [3.05, 3.63) is 88.1 Å². The van der Waals surface area contributed by atoms with Gasteiger partial charge < -0.3 is 11.1 Å². The highest BCUT2D eigenvalue weighted by Crippen LogP contribution is 2.47. The second kappa shape index (κ2) is 10.8. The van der Waals surface area contributed by atoms with Crippen LogP contribution in [0.15, 0.2) is 75.5 Å². The van der Waals surface area contributed by atoms with Crippen molar-refractivity contribution in [2.24, 2.45) is 5.73 Å². The Morgan fingerprint density at radius 2 is 2.00 bits per heavy atom. The molecule has 3 aromatic rings. The third kappa shape index (κ3) is 4.92. The van der Waals surface area contributed by atoms with Crippen LogP contribution < -0.4 is 16.0 Å². The number of hydrogen-bond acceptors (Lipinski definition) is 9. The van der Waals surface area contributed by atoms with Gasteiger partial charge in [-0.3, -0.25) is 14.5 Å². The molecular weight excluding hydrogens is 523 g/mol. The first kappa shape index (κ1) is 25.6. The van der Waals surface area contributed by atoms with Crippen LogP contribution in [0.2, 0.25) is 0 Å². The number of anilines is 2. The Hall–Kier alpha value is -4.01. The molecule has 192 valence electrons. The van der Waals surface area contributed by atoms with Crippen LogP contribution in [0.1, 0.15) is 36.3 Å². The lowest BCUT2D eigenvalue weighted by molar-refractivity contribution is -0.116. The molecule has 1 amide bonds. The molecular formula is C27H23FN6O2S2. The number of halogens is 1. The van der Waals surface area contributed by atoms with E-state index < -0.39 is 5.92 Å². The molecule has 5 rings (SSSR count). The van der Waals surface area contributed by atoms with Crippen LogP contribution in [-0.2, 0) is 9.59 Å². The van der Waals surface area contributed by atoms with Gasteiger partial charge >= 0.3 is 0 Å². The van der Waals surface area contributed by atoms with E-state index in [1.165, 1.54) is 47.4 Å². The third-order valence-electron chi connectivity index (χ3n) is 6.45. The number of nitriles is 1. The largest absolute Gasteiger partial charge is 0.384 e. The average molecular weight is 547 g/mol. The monoisotopic (exact) mass is 546 g/mol. The topological polar surface area (TPSA) is 125 Å². The third-order valence-corrected chi connectivity index (χ3v) is 8.50. The van der Waals surface area contributed by atoms with Gasteiger partial charge in [-0.1, -0.05) is 47.4 Å². The van der Waals surface area contributed by atoms with E-state index in [1.54, 1.807) is 4.90 Å². The number of amides is 1. The molecule has 0 saturated heterocycles. The van der Waals surface area contributed by atoms with Gasteiger partial charge in [-0.15, -0.1) is 10.2 Å². The fraction of sp³-hybridized carbons (Fsp3) is 0.222. The Balaban J connectivity index is 1.42. The van der Waals surface area contributed by atoms with E-state index >= 15 is 0 Å². The van der Waals surface area contributed by atoms with E-state index in [0.717, 1.165) is 16.8 Å². The molecule has 2 heterocycles. The second-order valence-electron chi connectivity index (χ2n) is 8.87. The van der Waals surface area contributed by atoms with Crippen LogP contribution in [0.4, 0.5) is 15.2 Å². The number of Topliss-reactive ketones (excluding diaryl/α,β-unsaturated/α-hetero) is 1. The molecule has 2 aliphatic rings. The molecule has 1 unspecified atom stereocenters. The summed E-state index contributed by atoms with van der Waals surface area (Å²) in [5.74, 6) is -0.879. The minimum Gasteiger partial charge on any atom is -0.384 e. The number of nitrogens with zero attached hydrogens (tertiary/aromatic N) is 4. The lowest BCUT2D eigenvalue weighted by Crippen LogP contribution is -2.38. The number of rotatable bonds is 6. The zero-order valence-corrected chi connectivity index (χ0v) is 22.0. The lowest BCUT2D eigenvalue weighted by Gasteiger charge is -2.38. The molecule has 1 aliphatic carbocycles. The summed E-state index contributed by atoms with van der Waals surface area (Å²) in [7, 11) is 0. The number of thioether (sulfide) groups is 1. The molecule has 38 heavy (non-hydrogen) atoms. The first-order chi connectivity index (χ1) is 18.4. The molecule has 11 heteroatoms. The van der Waals surface area contributed by atoms with Crippen molar-refractivity contribution in [3.63, 3.8) is 0 Å². The van der Waals surface area contributed by atoms with Crippen LogP contribution in [0.3, 0.4) is 0 Å². The van der Waals surface area contributed by atoms with Crippen LogP contribution >= 0.6 is 23.1 Å². The lowest BCUT2D eigenvalue weighted by atomic mass is 9.75. The molecule has 8 nitrogen and oxygen atoms in total. The van der Waals surface area contributed by atoms with Crippen molar-refractivity contribution in [1.82, 2.24) is 10.2 Å². The fourth-order valence-electron chi connectivity index (χ4n) is 4.74. The Kier molecular flexibility index (Phi) is 7.26. The van der Waals surface area contributed by atoms with Crippen LogP contribution in [0.25, 0.3) is 0 Å². The summed E-state index contributed by atoms with van der Waals surface area (Å²) in [6.07, 6.45) is 1.70. The number of aryl methyl sites for hydroxylation is 1. The number of hydrogen-bond donors (Lipinski definition) is 2. The predicted octanol–water partition coefficient (Wildman–Crippen LogP) is 5.02. The SMILES string of the molecule is Cc1ccccc1C1C(C#N)=C(N)N(c2nnc(SCC(=O)Nc3ccc(F)cc3)s2)C2=C1C(=O)CCC2. The first-order valence-corrected chi connectivity index (χ1v) is 13.7. The van der Waals surface area contributed by atoms with Gasteiger partial charge in [-0.2, -0.15) is 5.26 Å². The van der Waals surface area contributed by atoms with Gasteiger partial charge in [0, 0.05) is 23.4 Å². The molecule has 3 N–H and O–H groups in total. The summed E-state index contributed by atoms with van der Waals surface area (Å²) in [6.45, 7) is 1.96. The van der Waals surface area contributed by atoms with Crippen molar-refractivity contribution >= 4 is 45.6 Å². The van der Waals surface area contributed by atoms with Gasteiger partial charge in [0.1, 0.15) is 11.6 Å². The van der Waals surface area contributed by atoms with Crippen LogP contribution in [0, 0.1) is 24.1 Å². The molecule has 1 atom stereocenters. The van der Waals surface area contributed by atoms with Crippen LogP contribution in [0.5, 0.6) is 0 Å². The Morgan fingerprint density at radius 1 is 1.24 bits per heavy atom. The summed E-state index contributed by atoms with van der Waals surface area (Å²) in [5.41, 5.74) is 10.6.